The van der Waals surface area contributed by atoms with E-state index in [0.29, 0.717) is 50.4 Å². The van der Waals surface area contributed by atoms with Crippen LogP contribution in [-0.4, -0.2) is 86.7 Å². The van der Waals surface area contributed by atoms with Gasteiger partial charge in [-0.05, 0) is 73.3 Å². The molecule has 2 N–H and O–H groups in total. The lowest BCUT2D eigenvalue weighted by atomic mass is 9.78. The molecule has 3 rings (SSSR count). The van der Waals surface area contributed by atoms with E-state index in [-0.39, 0.29) is 48.3 Å². The minimum Gasteiger partial charge on any atom is -0.493 e. The molecule has 1 aliphatic rings. The average molecular weight is 742 g/mol. The standard InChI is InChI=1S/C40H59N3O10/c1-26(2)29(20-28-13-14-34(49-8)36(21-28)50-19-11-18-48-7)22-32-35(23-30(27(3)4)33(44)15-16-40(5,6)38(41)46)51-24-43(32)39(47)53-25-52-37(45)31-12-9-10-17-42-31/h9-10,12-14,17,21,26-27,29-30,32,35H,11,15-16,18-20,22-25H2,1-8H3,(H2,41,46)/t29-,30-,32-,35-/m0/s1. The number of nitrogens with zero attached hydrogens (tertiary/aromatic N) is 2. The van der Waals surface area contributed by atoms with Crippen LogP contribution < -0.4 is 15.2 Å². The molecule has 0 saturated carbocycles. The quantitative estimate of drug-likeness (QED) is 0.0828. The Bertz CT molecular complexity index is 1480. The van der Waals surface area contributed by atoms with E-state index >= 15 is 0 Å². The molecule has 0 aliphatic carbocycles. The van der Waals surface area contributed by atoms with Crippen molar-refractivity contribution in [2.45, 2.75) is 92.2 Å². The average Bonchev–Trinajstić information content (AvgIpc) is 3.53. The van der Waals surface area contributed by atoms with E-state index in [9.17, 15) is 19.2 Å². The third-order valence-electron chi connectivity index (χ3n) is 10.1. The molecule has 53 heavy (non-hydrogen) atoms. The highest BCUT2D eigenvalue weighted by atomic mass is 16.7. The third kappa shape index (κ3) is 13.0. The number of aromatic nitrogens is 1. The number of carbonyl (C=O) groups is 4. The van der Waals surface area contributed by atoms with Crippen molar-refractivity contribution in [3.63, 3.8) is 0 Å². The van der Waals surface area contributed by atoms with Crippen molar-refractivity contribution in [1.82, 2.24) is 9.88 Å². The number of benzene rings is 1. The Hall–Kier alpha value is -4.23. The predicted octanol–water partition coefficient (Wildman–Crippen LogP) is 6.21. The number of amides is 2. The van der Waals surface area contributed by atoms with Gasteiger partial charge in [0.15, 0.2) is 11.5 Å². The molecule has 13 heteroatoms. The summed E-state index contributed by atoms with van der Waals surface area (Å²) < 4.78 is 33.6. The number of Topliss-reactive ketones (excluding diaryl/α,β-unsaturated/α-hetero) is 1. The maximum Gasteiger partial charge on any atom is 0.414 e. The first-order valence-electron chi connectivity index (χ1n) is 18.4. The van der Waals surface area contributed by atoms with Crippen LogP contribution in [0.15, 0.2) is 42.6 Å². The normalized spacial score (nSPS) is 17.1. The second-order valence-electron chi connectivity index (χ2n) is 15.0. The Balaban J connectivity index is 1.84. The Morgan fingerprint density at radius 2 is 1.74 bits per heavy atom. The first-order chi connectivity index (χ1) is 25.2. The van der Waals surface area contributed by atoms with Gasteiger partial charge in [0.1, 0.15) is 18.2 Å². The number of primary amides is 1. The van der Waals surface area contributed by atoms with Crippen molar-refractivity contribution >= 4 is 23.8 Å². The SMILES string of the molecule is COCCCOc1cc(C[C@@H](C[C@H]2[C@H](C[C@H](C(=O)CCC(C)(C)C(N)=O)C(C)C)OCN2C(=O)OCOC(=O)c2ccccn2)C(C)C)ccc1OC. The zero-order chi connectivity index (χ0) is 39.1. The van der Waals surface area contributed by atoms with Gasteiger partial charge in [-0.15, -0.1) is 0 Å². The van der Waals surface area contributed by atoms with E-state index in [0.717, 1.165) is 12.0 Å². The summed E-state index contributed by atoms with van der Waals surface area (Å²) in [7, 11) is 3.26. The molecule has 1 fully saturated rings. The first kappa shape index (κ1) is 43.2. The summed E-state index contributed by atoms with van der Waals surface area (Å²) in [6, 6.07) is 10.3. The van der Waals surface area contributed by atoms with Crippen LogP contribution in [0.2, 0.25) is 0 Å². The number of rotatable bonds is 22. The second-order valence-corrected chi connectivity index (χ2v) is 15.0. The predicted molar refractivity (Wildman–Crippen MR) is 198 cm³/mol. The number of nitrogens with two attached hydrogens (primary N) is 1. The molecule has 2 amide bonds. The monoisotopic (exact) mass is 741 g/mol. The van der Waals surface area contributed by atoms with Gasteiger partial charge in [-0.25, -0.2) is 14.6 Å². The molecule has 0 bridgehead atoms. The van der Waals surface area contributed by atoms with E-state index in [2.05, 4.69) is 18.8 Å². The van der Waals surface area contributed by atoms with E-state index in [1.54, 1.807) is 40.2 Å². The van der Waals surface area contributed by atoms with Crippen molar-refractivity contribution in [3.8, 4) is 11.5 Å². The van der Waals surface area contributed by atoms with E-state index in [1.807, 2.05) is 32.0 Å². The van der Waals surface area contributed by atoms with Crippen molar-refractivity contribution in [3.05, 3.63) is 53.9 Å². The van der Waals surface area contributed by atoms with Gasteiger partial charge < -0.3 is 34.2 Å². The van der Waals surface area contributed by atoms with Gasteiger partial charge in [0.05, 0.1) is 25.9 Å². The third-order valence-corrected chi connectivity index (χ3v) is 10.1. The largest absolute Gasteiger partial charge is 0.493 e. The van der Waals surface area contributed by atoms with Gasteiger partial charge in [0.25, 0.3) is 0 Å². The number of hydrogen-bond donors (Lipinski definition) is 1. The number of ketones is 1. The smallest absolute Gasteiger partial charge is 0.414 e. The van der Waals surface area contributed by atoms with Gasteiger partial charge in [0.2, 0.25) is 12.7 Å². The van der Waals surface area contributed by atoms with Gasteiger partial charge in [0, 0.05) is 44.1 Å². The lowest BCUT2D eigenvalue weighted by Gasteiger charge is -2.33. The van der Waals surface area contributed by atoms with Gasteiger partial charge >= 0.3 is 12.1 Å². The van der Waals surface area contributed by atoms with Crippen molar-refractivity contribution in [2.75, 3.05) is 41.0 Å². The van der Waals surface area contributed by atoms with Crippen molar-refractivity contribution < 1.29 is 47.6 Å². The number of pyridine rings is 1. The number of ether oxygens (including phenoxy) is 6. The van der Waals surface area contributed by atoms with Gasteiger partial charge in [-0.1, -0.05) is 53.7 Å². The van der Waals surface area contributed by atoms with Crippen LogP contribution in [0, 0.1) is 29.1 Å². The topological polar surface area (TPSA) is 166 Å². The number of esters is 1. The second kappa shape index (κ2) is 20.9. The van der Waals surface area contributed by atoms with E-state index in [4.69, 9.17) is 34.2 Å². The van der Waals surface area contributed by atoms with E-state index in [1.165, 1.54) is 17.2 Å². The first-order valence-corrected chi connectivity index (χ1v) is 18.4. The minimum absolute atomic E-state index is 0.0158. The fourth-order valence-electron chi connectivity index (χ4n) is 6.37. The molecule has 0 radical (unpaired) electrons. The Kier molecular flexibility index (Phi) is 17.0. The van der Waals surface area contributed by atoms with Crippen LogP contribution in [0.25, 0.3) is 0 Å². The number of carbonyl (C=O) groups excluding carboxylic acids is 4. The molecule has 1 aromatic heterocycles. The summed E-state index contributed by atoms with van der Waals surface area (Å²) in [5, 5.41) is 0. The van der Waals surface area contributed by atoms with Crippen molar-refractivity contribution in [1.29, 1.82) is 0 Å². The molecule has 0 spiro atoms. The van der Waals surface area contributed by atoms with Crippen LogP contribution in [-0.2, 0) is 35.0 Å². The van der Waals surface area contributed by atoms with E-state index < -0.39 is 42.3 Å². The van der Waals surface area contributed by atoms with Gasteiger partial charge in [-0.3, -0.25) is 14.5 Å². The lowest BCUT2D eigenvalue weighted by Crippen LogP contribution is -2.43. The van der Waals surface area contributed by atoms with Gasteiger partial charge in [-0.2, -0.15) is 0 Å². The zero-order valence-electron chi connectivity index (χ0n) is 32.6. The van der Waals surface area contributed by atoms with Crippen LogP contribution in [0.1, 0.15) is 89.7 Å². The summed E-state index contributed by atoms with van der Waals surface area (Å²) in [4.78, 5) is 57.1. The summed E-state index contributed by atoms with van der Waals surface area (Å²) in [6.07, 6.45) is 3.18. The van der Waals surface area contributed by atoms with Crippen LogP contribution in [0.3, 0.4) is 0 Å². The highest BCUT2D eigenvalue weighted by Crippen LogP contribution is 2.36. The molecule has 13 nitrogen and oxygen atoms in total. The van der Waals surface area contributed by atoms with Crippen molar-refractivity contribution in [2.24, 2.45) is 34.8 Å². The Morgan fingerprint density at radius 1 is 0.981 bits per heavy atom. The molecule has 1 aromatic carbocycles. The minimum atomic E-state index is -0.815. The summed E-state index contributed by atoms with van der Waals surface area (Å²) in [5.74, 6) is 0.0383. The zero-order valence-corrected chi connectivity index (χ0v) is 32.6. The fourth-order valence-corrected chi connectivity index (χ4v) is 6.37. The molecule has 0 unspecified atom stereocenters. The lowest BCUT2D eigenvalue weighted by molar-refractivity contribution is -0.129. The Labute approximate surface area is 314 Å². The molecule has 2 aromatic rings. The Morgan fingerprint density at radius 3 is 2.36 bits per heavy atom. The number of hydrogen-bond acceptors (Lipinski definition) is 11. The number of methoxy groups -OCH3 is 2. The highest BCUT2D eigenvalue weighted by molar-refractivity contribution is 5.87. The summed E-state index contributed by atoms with van der Waals surface area (Å²) in [5.41, 5.74) is 5.91. The molecular formula is C40H59N3O10. The highest BCUT2D eigenvalue weighted by Gasteiger charge is 2.43. The summed E-state index contributed by atoms with van der Waals surface area (Å²) in [6.45, 7) is 12.2. The molecular weight excluding hydrogens is 682 g/mol. The maximum absolute atomic E-state index is 13.7. The van der Waals surface area contributed by atoms with Crippen LogP contribution in [0.4, 0.5) is 4.79 Å². The molecule has 294 valence electrons. The van der Waals surface area contributed by atoms with Crippen LogP contribution in [0.5, 0.6) is 11.5 Å². The molecule has 1 saturated heterocycles. The summed E-state index contributed by atoms with van der Waals surface area (Å²) >= 11 is 0. The van der Waals surface area contributed by atoms with Crippen LogP contribution >= 0.6 is 0 Å². The molecule has 4 atom stereocenters. The maximum atomic E-state index is 13.7. The fraction of sp³-hybridized carbons (Fsp3) is 0.625. The molecule has 2 heterocycles. The molecule has 1 aliphatic heterocycles.